The van der Waals surface area contributed by atoms with E-state index in [9.17, 15) is 51.8 Å². The van der Waals surface area contributed by atoms with E-state index in [1.807, 2.05) is 106 Å². The van der Waals surface area contributed by atoms with E-state index in [2.05, 4.69) is 87.4 Å². The second kappa shape index (κ2) is 45.1. The number of rotatable bonds is 26. The second-order valence-electron chi connectivity index (χ2n) is 27.0. The van der Waals surface area contributed by atoms with Gasteiger partial charge < -0.3 is 60.1 Å². The first-order valence-electron chi connectivity index (χ1n) is 31.6. The molecule has 93 heavy (non-hydrogen) atoms. The SMILES string of the molecule is CC(C)[C@H](N=C=O)C(=O)OC(C)(C)C.CCC(C)C(N)C(=O)OC(C)(C)C.CCC(C)C(NC(=O)Oc1cccc(C(CC)C(C)CN(C)C)c1)C(=O)O.CCC(C)C(NC(=O)Oc1cccc(C(CC)C(C)CN(C)C)c1)C(=O)OC(C)(C)C.Cl.O=C(O)C(F)(F)F. The van der Waals surface area contributed by atoms with Crippen LogP contribution in [0.15, 0.2) is 53.5 Å². The van der Waals surface area contributed by atoms with Crippen molar-refractivity contribution in [1.82, 2.24) is 20.4 Å². The number of benzene rings is 2. The zero-order valence-corrected chi connectivity index (χ0v) is 61.0. The summed E-state index contributed by atoms with van der Waals surface area (Å²) in [5, 5.41) is 21.6. The Balaban J connectivity index is -0.000000576. The van der Waals surface area contributed by atoms with Gasteiger partial charge in [0.15, 0.2) is 6.04 Å². The maximum Gasteiger partial charge on any atom is 0.490 e. The van der Waals surface area contributed by atoms with Gasteiger partial charge in [0.25, 0.3) is 0 Å². The molecule has 2 aromatic rings. The first-order chi connectivity index (χ1) is 42.1. The molecule has 0 aliphatic carbocycles. The van der Waals surface area contributed by atoms with E-state index < -0.39 is 83.2 Å². The predicted molar refractivity (Wildman–Crippen MR) is 359 cm³/mol. The number of isocyanates is 1. The molecule has 536 valence electrons. The Hall–Kier alpha value is -6.33. The van der Waals surface area contributed by atoms with Gasteiger partial charge in [-0.3, -0.25) is 4.79 Å². The zero-order chi connectivity index (χ0) is 72.4. The van der Waals surface area contributed by atoms with Crippen LogP contribution in [-0.2, 0) is 43.0 Å². The normalized spacial score (nSPS) is 14.9. The number of carboxylic acids is 2. The molecule has 6 N–H and O–H groups in total. The third-order valence-corrected chi connectivity index (χ3v) is 14.1. The Morgan fingerprint density at radius 2 is 0.882 bits per heavy atom. The highest BCUT2D eigenvalue weighted by atomic mass is 35.5. The lowest BCUT2D eigenvalue weighted by Gasteiger charge is -2.27. The molecule has 10 unspecified atom stereocenters. The molecule has 2 amide bonds. The lowest BCUT2D eigenvalue weighted by molar-refractivity contribution is -0.192. The van der Waals surface area contributed by atoms with Gasteiger partial charge >= 0.3 is 48.2 Å². The van der Waals surface area contributed by atoms with Crippen molar-refractivity contribution < 1.29 is 85.4 Å². The molecule has 0 bridgehead atoms. The maximum atomic E-state index is 12.6. The van der Waals surface area contributed by atoms with Crippen LogP contribution in [0.2, 0.25) is 0 Å². The predicted octanol–water partition coefficient (Wildman–Crippen LogP) is 13.6. The number of esters is 3. The van der Waals surface area contributed by atoms with Crippen LogP contribution in [0.1, 0.15) is 200 Å². The summed E-state index contributed by atoms with van der Waals surface area (Å²) < 4.78 is 58.4. The van der Waals surface area contributed by atoms with Crippen LogP contribution in [0.3, 0.4) is 0 Å². The Bertz CT molecular complexity index is 2580. The smallest absolute Gasteiger partial charge is 0.480 e. The summed E-state index contributed by atoms with van der Waals surface area (Å²) in [6.07, 6.45) is -0.839. The number of carboxylic acid groups (broad SMARTS) is 2. The van der Waals surface area contributed by atoms with E-state index in [1.165, 1.54) is 6.08 Å². The minimum atomic E-state index is -5.08. The van der Waals surface area contributed by atoms with Gasteiger partial charge in [-0.25, -0.2) is 33.6 Å². The number of aliphatic carboxylic acids is 2. The highest BCUT2D eigenvalue weighted by Crippen LogP contribution is 2.32. The molecular formula is C68H116ClF3N6O15. The van der Waals surface area contributed by atoms with Crippen LogP contribution in [0.5, 0.6) is 11.5 Å². The van der Waals surface area contributed by atoms with Gasteiger partial charge in [0, 0.05) is 13.1 Å². The summed E-state index contributed by atoms with van der Waals surface area (Å²) in [5.41, 5.74) is 6.35. The van der Waals surface area contributed by atoms with Gasteiger partial charge in [-0.2, -0.15) is 18.2 Å². The molecule has 0 aliphatic rings. The molecule has 0 aromatic heterocycles. The quantitative estimate of drug-likeness (QED) is 0.0253. The highest BCUT2D eigenvalue weighted by Gasteiger charge is 2.38. The molecular weight excluding hydrogens is 1230 g/mol. The van der Waals surface area contributed by atoms with Crippen LogP contribution in [0, 0.1) is 35.5 Å². The summed E-state index contributed by atoms with van der Waals surface area (Å²) in [6, 6.07) is 12.2. The minimum absolute atomic E-state index is 0. The Labute approximate surface area is 559 Å². The number of aliphatic imine (C=N–C) groups is 1. The molecule has 0 fully saturated rings. The number of halogens is 4. The van der Waals surface area contributed by atoms with Crippen LogP contribution in [0.4, 0.5) is 22.8 Å². The summed E-state index contributed by atoms with van der Waals surface area (Å²) in [4.78, 5) is 98.4. The molecule has 21 nitrogen and oxygen atoms in total. The third-order valence-electron chi connectivity index (χ3n) is 14.1. The topological polar surface area (TPSA) is 292 Å². The number of ether oxygens (including phenoxy) is 5. The van der Waals surface area contributed by atoms with Crippen molar-refractivity contribution in [1.29, 1.82) is 0 Å². The Morgan fingerprint density at radius 1 is 0.548 bits per heavy atom. The van der Waals surface area contributed by atoms with E-state index in [1.54, 1.807) is 53.7 Å². The first kappa shape index (κ1) is 93.1. The van der Waals surface area contributed by atoms with Crippen molar-refractivity contribution in [2.24, 2.45) is 46.2 Å². The van der Waals surface area contributed by atoms with Crippen LogP contribution in [-0.4, -0.2) is 157 Å². The molecule has 2 aromatic carbocycles. The third kappa shape index (κ3) is 41.9. The molecule has 2 rings (SSSR count). The van der Waals surface area contributed by atoms with Crippen LogP contribution >= 0.6 is 12.4 Å². The van der Waals surface area contributed by atoms with Gasteiger partial charge in [0.2, 0.25) is 6.08 Å². The molecule has 0 radical (unpaired) electrons. The van der Waals surface area contributed by atoms with Gasteiger partial charge in [0.05, 0.1) is 0 Å². The number of carbonyl (C=O) groups is 7. The van der Waals surface area contributed by atoms with Crippen LogP contribution < -0.4 is 25.8 Å². The van der Waals surface area contributed by atoms with Gasteiger partial charge in [-0.15, -0.1) is 12.4 Å². The second-order valence-corrected chi connectivity index (χ2v) is 27.0. The fourth-order valence-corrected chi connectivity index (χ4v) is 8.95. The summed E-state index contributed by atoms with van der Waals surface area (Å²) in [5.74, 6) is -2.66. The molecule has 0 aliphatic heterocycles. The fraction of sp³-hybridized carbons (Fsp3) is 0.706. The highest BCUT2D eigenvalue weighted by molar-refractivity contribution is 5.85. The number of nitrogens with two attached hydrogens (primary N) is 1. The monoisotopic (exact) mass is 1350 g/mol. The Morgan fingerprint density at radius 3 is 1.17 bits per heavy atom. The number of alkyl halides is 3. The van der Waals surface area contributed by atoms with Crippen molar-refractivity contribution in [3.8, 4) is 11.5 Å². The van der Waals surface area contributed by atoms with Crippen LogP contribution in [0.25, 0.3) is 0 Å². The van der Waals surface area contributed by atoms with E-state index in [0.29, 0.717) is 41.6 Å². The number of amides is 2. The number of carbonyl (C=O) groups excluding carboxylic acids is 6. The average Bonchev–Trinajstić information content (AvgIpc) is 0.905. The lowest BCUT2D eigenvalue weighted by Crippen LogP contribution is -2.48. The van der Waals surface area contributed by atoms with Crippen molar-refractivity contribution >= 4 is 60.5 Å². The average molecular weight is 1350 g/mol. The molecule has 0 spiro atoms. The van der Waals surface area contributed by atoms with E-state index in [0.717, 1.165) is 49.9 Å². The van der Waals surface area contributed by atoms with E-state index in [4.69, 9.17) is 39.3 Å². The Kier molecular flexibility index (Phi) is 45.2. The molecule has 25 heteroatoms. The van der Waals surface area contributed by atoms with Crippen molar-refractivity contribution in [2.75, 3.05) is 41.3 Å². The van der Waals surface area contributed by atoms with Crippen molar-refractivity contribution in [2.45, 2.75) is 236 Å². The maximum absolute atomic E-state index is 12.6. The number of nitrogens with zero attached hydrogens (tertiary/aromatic N) is 3. The van der Waals surface area contributed by atoms with E-state index in [-0.39, 0.29) is 42.0 Å². The summed E-state index contributed by atoms with van der Waals surface area (Å²) in [6.45, 7) is 42.1. The number of hydrogen-bond acceptors (Lipinski definition) is 17. The molecule has 11 atom stereocenters. The number of nitrogens with one attached hydrogen (secondary N) is 2. The molecule has 0 saturated heterocycles. The lowest BCUT2D eigenvalue weighted by atomic mass is 9.85. The van der Waals surface area contributed by atoms with Gasteiger partial charge in [0.1, 0.15) is 46.4 Å². The van der Waals surface area contributed by atoms with E-state index >= 15 is 0 Å². The fourth-order valence-electron chi connectivity index (χ4n) is 8.95. The first-order valence-corrected chi connectivity index (χ1v) is 31.6. The molecule has 0 saturated carbocycles. The number of hydrogen-bond donors (Lipinski definition) is 5. The zero-order valence-electron chi connectivity index (χ0n) is 60.2. The minimum Gasteiger partial charge on any atom is -0.480 e. The molecule has 0 heterocycles. The van der Waals surface area contributed by atoms with Gasteiger partial charge in [-0.1, -0.05) is 127 Å². The van der Waals surface area contributed by atoms with Crippen molar-refractivity contribution in [3.05, 3.63) is 59.7 Å². The summed E-state index contributed by atoms with van der Waals surface area (Å²) in [7, 11) is 8.27. The standard InChI is InChI=1S/C25H42N2O4.C21H34N2O4.C10H17NO3.C10H21NO2.C2HF3O2.ClH/c1-10-17(3)22(23(28)31-25(5,6)7)26-24(29)30-20-14-12-13-19(15-20)21(11-2)18(4)16-27(8)9;1-7-14(3)19(20(24)25)22-21(26)27-17-11-9-10-16(12-17)18(8-2)15(4)13-23(5)6;1-7(2)8(11-6-12)9(13)14-10(3,4)5;1-6-7(2)8(11)9(12)13-10(3,4)5;3-2(4,5)1(6)7;/h12-15,17-18,21-22H,10-11,16H2,1-9H3,(H,26,29);9-12,14-15,18-19H,7-8,13H2,1-6H3,(H,22,26)(H,24,25);7-8H,1-5H3;7-8H,6,11H2,1-5H3;(H,6,7);1H/t;;8-;;;/m..0.../s1. The largest absolute Gasteiger partial charge is 0.490 e. The van der Waals surface area contributed by atoms with Crippen molar-refractivity contribution in [3.63, 3.8) is 0 Å². The summed E-state index contributed by atoms with van der Waals surface area (Å²) >= 11 is 0. The van der Waals surface area contributed by atoms with Gasteiger partial charge in [-0.05, 0) is 186 Å².